The Morgan fingerprint density at radius 3 is 2.27 bits per heavy atom. The third-order valence-electron chi connectivity index (χ3n) is 4.80. The van der Waals surface area contributed by atoms with Crippen molar-refractivity contribution in [1.29, 1.82) is 0 Å². The molecule has 26 heavy (non-hydrogen) atoms. The molecule has 1 saturated heterocycles. The Balaban J connectivity index is 1.89. The van der Waals surface area contributed by atoms with Gasteiger partial charge in [-0.2, -0.15) is 0 Å². The number of ether oxygens (including phenoxy) is 1. The Bertz CT molecular complexity index is 631. The Labute approximate surface area is 156 Å². The monoisotopic (exact) mass is 361 g/mol. The van der Waals surface area contributed by atoms with Crippen molar-refractivity contribution in [3.63, 3.8) is 0 Å². The van der Waals surface area contributed by atoms with E-state index in [9.17, 15) is 9.59 Å². The lowest BCUT2D eigenvalue weighted by Crippen LogP contribution is -2.50. The fraction of sp³-hybridized carbons (Fsp3) is 0.600. The zero-order valence-corrected chi connectivity index (χ0v) is 16.6. The smallest absolute Gasteiger partial charge is 0.224 e. The Hall–Kier alpha value is -2.24. The molecule has 6 heteroatoms. The van der Waals surface area contributed by atoms with Crippen LogP contribution in [0.3, 0.4) is 0 Å². The number of piperazine rings is 1. The van der Waals surface area contributed by atoms with Crippen LogP contribution in [-0.2, 0) is 9.59 Å². The standard InChI is InChI=1S/C20H31N3O3/c1-16(24)23(20(2,3)4)11-10-19(25)22-14-12-21(13-15-22)17-8-6-7-9-18(17)26-5/h6-9H,10-15H2,1-5H3. The Morgan fingerprint density at radius 1 is 1.12 bits per heavy atom. The minimum atomic E-state index is -0.269. The molecule has 0 atom stereocenters. The maximum Gasteiger partial charge on any atom is 0.224 e. The van der Waals surface area contributed by atoms with E-state index in [1.807, 2.05) is 49.9 Å². The van der Waals surface area contributed by atoms with E-state index in [2.05, 4.69) is 4.90 Å². The molecule has 0 aliphatic carbocycles. The zero-order valence-electron chi connectivity index (χ0n) is 16.6. The van der Waals surface area contributed by atoms with Crippen molar-refractivity contribution >= 4 is 17.5 Å². The lowest BCUT2D eigenvalue weighted by atomic mass is 10.1. The molecule has 0 saturated carbocycles. The second kappa shape index (κ2) is 8.43. The summed E-state index contributed by atoms with van der Waals surface area (Å²) >= 11 is 0. The van der Waals surface area contributed by atoms with E-state index in [1.54, 1.807) is 18.9 Å². The molecule has 1 fully saturated rings. The summed E-state index contributed by atoms with van der Waals surface area (Å²) in [5.41, 5.74) is 0.798. The van der Waals surface area contributed by atoms with E-state index in [-0.39, 0.29) is 17.4 Å². The second-order valence-corrected chi connectivity index (χ2v) is 7.63. The van der Waals surface area contributed by atoms with Gasteiger partial charge < -0.3 is 19.4 Å². The van der Waals surface area contributed by atoms with Gasteiger partial charge in [-0.15, -0.1) is 0 Å². The molecule has 1 aliphatic heterocycles. The van der Waals surface area contributed by atoms with Crippen LogP contribution in [-0.4, -0.2) is 67.0 Å². The number of hydrogen-bond donors (Lipinski definition) is 0. The number of amides is 2. The molecule has 0 spiro atoms. The number of nitrogens with zero attached hydrogens (tertiary/aromatic N) is 3. The van der Waals surface area contributed by atoms with Crippen LogP contribution in [0.1, 0.15) is 34.1 Å². The highest BCUT2D eigenvalue weighted by atomic mass is 16.5. The highest BCUT2D eigenvalue weighted by molar-refractivity contribution is 5.78. The highest BCUT2D eigenvalue weighted by Crippen LogP contribution is 2.28. The summed E-state index contributed by atoms with van der Waals surface area (Å²) in [6.07, 6.45) is 0.367. The van der Waals surface area contributed by atoms with Crippen LogP contribution in [0, 0.1) is 0 Å². The van der Waals surface area contributed by atoms with E-state index in [0.29, 0.717) is 26.1 Å². The summed E-state index contributed by atoms with van der Waals surface area (Å²) in [5, 5.41) is 0. The maximum absolute atomic E-state index is 12.6. The summed E-state index contributed by atoms with van der Waals surface area (Å²) in [5.74, 6) is 0.973. The van der Waals surface area contributed by atoms with Gasteiger partial charge in [-0.3, -0.25) is 9.59 Å². The van der Waals surface area contributed by atoms with Crippen molar-refractivity contribution < 1.29 is 14.3 Å². The van der Waals surface area contributed by atoms with Crippen LogP contribution in [0.2, 0.25) is 0 Å². The number of anilines is 1. The van der Waals surface area contributed by atoms with Crippen molar-refractivity contribution in [2.75, 3.05) is 44.7 Å². The molecule has 0 aromatic heterocycles. The molecule has 2 rings (SSSR count). The van der Waals surface area contributed by atoms with E-state index in [1.165, 1.54) is 0 Å². The number of rotatable bonds is 5. The fourth-order valence-electron chi connectivity index (χ4n) is 3.42. The zero-order chi connectivity index (χ0) is 19.3. The van der Waals surface area contributed by atoms with Crippen LogP contribution < -0.4 is 9.64 Å². The third-order valence-corrected chi connectivity index (χ3v) is 4.80. The van der Waals surface area contributed by atoms with E-state index in [0.717, 1.165) is 24.5 Å². The van der Waals surface area contributed by atoms with Crippen molar-refractivity contribution in [3.05, 3.63) is 24.3 Å². The molecule has 144 valence electrons. The molecule has 1 heterocycles. The molecule has 0 N–H and O–H groups in total. The first-order valence-electron chi connectivity index (χ1n) is 9.18. The first-order chi connectivity index (χ1) is 12.2. The van der Waals surface area contributed by atoms with Gasteiger partial charge in [-0.05, 0) is 32.9 Å². The molecule has 0 bridgehead atoms. The summed E-state index contributed by atoms with van der Waals surface area (Å²) in [6.45, 7) is 10.9. The van der Waals surface area contributed by atoms with Crippen molar-refractivity contribution in [2.24, 2.45) is 0 Å². The van der Waals surface area contributed by atoms with Gasteiger partial charge >= 0.3 is 0 Å². The van der Waals surface area contributed by atoms with Gasteiger partial charge in [-0.25, -0.2) is 0 Å². The van der Waals surface area contributed by atoms with Gasteiger partial charge in [0.2, 0.25) is 11.8 Å². The van der Waals surface area contributed by atoms with Crippen molar-refractivity contribution in [3.8, 4) is 5.75 Å². The number of carbonyl (C=O) groups is 2. The van der Waals surface area contributed by atoms with Crippen LogP contribution in [0.4, 0.5) is 5.69 Å². The van der Waals surface area contributed by atoms with E-state index < -0.39 is 0 Å². The minimum absolute atomic E-state index is 0.00583. The van der Waals surface area contributed by atoms with Crippen LogP contribution in [0.15, 0.2) is 24.3 Å². The van der Waals surface area contributed by atoms with Gasteiger partial charge in [0, 0.05) is 51.6 Å². The van der Waals surface area contributed by atoms with Crippen molar-refractivity contribution in [2.45, 2.75) is 39.7 Å². The average Bonchev–Trinajstić information content (AvgIpc) is 2.60. The number of methoxy groups -OCH3 is 1. The molecule has 1 aliphatic rings. The Kier molecular flexibility index (Phi) is 6.51. The number of para-hydroxylation sites is 2. The third kappa shape index (κ3) is 4.90. The fourth-order valence-corrected chi connectivity index (χ4v) is 3.42. The number of benzene rings is 1. The summed E-state index contributed by atoms with van der Waals surface area (Å²) in [6, 6.07) is 7.95. The highest BCUT2D eigenvalue weighted by Gasteiger charge is 2.27. The predicted octanol–water partition coefficient (Wildman–Crippen LogP) is 2.38. The normalized spacial score (nSPS) is 15.0. The first kappa shape index (κ1) is 20.1. The maximum atomic E-state index is 12.6. The van der Waals surface area contributed by atoms with Gasteiger partial charge in [0.15, 0.2) is 0 Å². The summed E-state index contributed by atoms with van der Waals surface area (Å²) in [7, 11) is 1.68. The van der Waals surface area contributed by atoms with E-state index >= 15 is 0 Å². The Morgan fingerprint density at radius 2 is 1.73 bits per heavy atom. The molecule has 0 unspecified atom stereocenters. The molecule has 1 aromatic carbocycles. The molecular formula is C20H31N3O3. The van der Waals surface area contributed by atoms with Gasteiger partial charge in [-0.1, -0.05) is 12.1 Å². The largest absolute Gasteiger partial charge is 0.495 e. The summed E-state index contributed by atoms with van der Waals surface area (Å²) in [4.78, 5) is 30.3. The topological polar surface area (TPSA) is 53.1 Å². The van der Waals surface area contributed by atoms with Crippen LogP contribution in [0.5, 0.6) is 5.75 Å². The predicted molar refractivity (Wildman–Crippen MR) is 104 cm³/mol. The lowest BCUT2D eigenvalue weighted by molar-refractivity contribution is -0.136. The summed E-state index contributed by atoms with van der Waals surface area (Å²) < 4.78 is 5.43. The average molecular weight is 361 g/mol. The molecule has 1 aromatic rings. The lowest BCUT2D eigenvalue weighted by Gasteiger charge is -2.38. The van der Waals surface area contributed by atoms with Gasteiger partial charge in [0.05, 0.1) is 12.8 Å². The quantitative estimate of drug-likeness (QED) is 0.808. The number of carbonyl (C=O) groups excluding carboxylic acids is 2. The van der Waals surface area contributed by atoms with Gasteiger partial charge in [0.1, 0.15) is 5.75 Å². The van der Waals surface area contributed by atoms with Crippen LogP contribution in [0.25, 0.3) is 0 Å². The van der Waals surface area contributed by atoms with E-state index in [4.69, 9.17) is 4.74 Å². The second-order valence-electron chi connectivity index (χ2n) is 7.63. The first-order valence-corrected chi connectivity index (χ1v) is 9.18. The molecule has 0 radical (unpaired) electrons. The van der Waals surface area contributed by atoms with Gasteiger partial charge in [0.25, 0.3) is 0 Å². The molecule has 2 amide bonds. The van der Waals surface area contributed by atoms with Crippen LogP contribution >= 0.6 is 0 Å². The molecule has 6 nitrogen and oxygen atoms in total. The molecular weight excluding hydrogens is 330 g/mol. The minimum Gasteiger partial charge on any atom is -0.495 e. The van der Waals surface area contributed by atoms with Crippen molar-refractivity contribution in [1.82, 2.24) is 9.80 Å². The SMILES string of the molecule is COc1ccccc1N1CCN(C(=O)CCN(C(C)=O)C(C)(C)C)CC1. The number of hydrogen-bond acceptors (Lipinski definition) is 4.